The van der Waals surface area contributed by atoms with E-state index in [1.54, 1.807) is 0 Å². The second kappa shape index (κ2) is 6.16. The van der Waals surface area contributed by atoms with Crippen LogP contribution in [0, 0.1) is 0 Å². The van der Waals surface area contributed by atoms with Crippen molar-refractivity contribution < 1.29 is 19.4 Å². The summed E-state index contributed by atoms with van der Waals surface area (Å²) in [7, 11) is 0. The Kier molecular flexibility index (Phi) is 6.19. The predicted octanol–water partition coefficient (Wildman–Crippen LogP) is 2.25. The minimum absolute atomic E-state index is 1.15. The number of hydrogen-bond acceptors (Lipinski definition) is 0. The summed E-state index contributed by atoms with van der Waals surface area (Å²) in [4.78, 5) is 0. The van der Waals surface area contributed by atoms with E-state index < -0.39 is 0 Å². The zero-order chi connectivity index (χ0) is 7.11. The van der Waals surface area contributed by atoms with Crippen molar-refractivity contribution in [3.8, 4) is 0 Å². The molecule has 0 aromatic heterocycles. The van der Waals surface area contributed by atoms with Gasteiger partial charge in [-0.1, -0.05) is 0 Å². The summed E-state index contributed by atoms with van der Waals surface area (Å²) >= 11 is 1.53. The van der Waals surface area contributed by atoms with Crippen LogP contribution in [0.3, 0.4) is 0 Å². The minimum atomic E-state index is 1.15. The summed E-state index contributed by atoms with van der Waals surface area (Å²) in [6.45, 7) is 4.21. The third-order valence-electron chi connectivity index (χ3n) is 1.06. The quantitative estimate of drug-likeness (QED) is 0.700. The molecule has 0 fully saturated rings. The predicted molar refractivity (Wildman–Crippen MR) is 39.3 cm³/mol. The molecule has 0 radical (unpaired) electrons. The van der Waals surface area contributed by atoms with Crippen LogP contribution >= 0.6 is 0 Å². The van der Waals surface area contributed by atoms with Crippen molar-refractivity contribution in [1.29, 1.82) is 0 Å². The van der Waals surface area contributed by atoms with Gasteiger partial charge in [0.1, 0.15) is 0 Å². The zero-order valence-corrected chi connectivity index (χ0v) is 8.86. The van der Waals surface area contributed by atoms with E-state index in [4.69, 9.17) is 0 Å². The first-order chi connectivity index (χ1) is 4.35. The Balaban J connectivity index is 3.90. The molecule has 1 heteroatoms. The van der Waals surface area contributed by atoms with E-state index in [1.807, 2.05) is 6.92 Å². The molecule has 0 aliphatic heterocycles. The molecule has 0 nitrogen and oxygen atoms in total. The van der Waals surface area contributed by atoms with Gasteiger partial charge in [-0.05, 0) is 0 Å². The summed E-state index contributed by atoms with van der Waals surface area (Å²) in [5, 5.41) is 0. The van der Waals surface area contributed by atoms with E-state index in [0.29, 0.717) is 0 Å². The molecule has 0 aromatic rings. The Labute approximate surface area is 68.1 Å². The van der Waals surface area contributed by atoms with Gasteiger partial charge >= 0.3 is 67.8 Å². The summed E-state index contributed by atoms with van der Waals surface area (Å²) in [6.07, 6.45) is 7.44. The Bertz CT molecular complexity index is 132. The molecule has 0 amide bonds. The van der Waals surface area contributed by atoms with E-state index in [2.05, 4.69) is 29.6 Å². The summed E-state index contributed by atoms with van der Waals surface area (Å²) in [5.41, 5.74) is 1.43. The van der Waals surface area contributed by atoms with Crippen molar-refractivity contribution in [2.75, 3.05) is 0 Å². The summed E-state index contributed by atoms with van der Waals surface area (Å²) in [5.74, 6) is 0. The van der Waals surface area contributed by atoms with Crippen molar-refractivity contribution >= 4 is 4.40 Å². The van der Waals surface area contributed by atoms with Crippen molar-refractivity contribution in [2.24, 2.45) is 0 Å². The van der Waals surface area contributed by atoms with E-state index in [-0.39, 0.29) is 0 Å². The Hall–Kier alpha value is 0.0383. The molecular formula is C8H12W. The molecule has 0 heterocycles. The molecule has 0 saturated heterocycles. The van der Waals surface area contributed by atoms with Crippen molar-refractivity contribution in [2.45, 2.75) is 20.3 Å². The van der Waals surface area contributed by atoms with Crippen molar-refractivity contribution in [1.82, 2.24) is 0 Å². The van der Waals surface area contributed by atoms with Crippen LogP contribution in [-0.4, -0.2) is 4.40 Å². The molecule has 0 bridgehead atoms. The molecule has 0 spiro atoms. The second-order valence-electron chi connectivity index (χ2n) is 1.74. The number of rotatable bonds is 3. The Morgan fingerprint density at radius 3 is 2.56 bits per heavy atom. The van der Waals surface area contributed by atoms with Crippen LogP contribution in [0.4, 0.5) is 0 Å². The third-order valence-corrected chi connectivity index (χ3v) is 2.15. The fraction of sp³-hybridized carbons (Fsp3) is 0.375. The topological polar surface area (TPSA) is 0 Å². The van der Waals surface area contributed by atoms with E-state index >= 15 is 0 Å². The van der Waals surface area contributed by atoms with E-state index in [0.717, 1.165) is 6.42 Å². The summed E-state index contributed by atoms with van der Waals surface area (Å²) in [6, 6.07) is 0. The van der Waals surface area contributed by atoms with Crippen LogP contribution in [0.15, 0.2) is 23.8 Å². The Morgan fingerprint density at radius 2 is 2.22 bits per heavy atom. The molecule has 0 atom stereocenters. The van der Waals surface area contributed by atoms with Crippen molar-refractivity contribution in [3.63, 3.8) is 0 Å². The first kappa shape index (κ1) is 9.04. The maximum absolute atomic E-state index is 2.22. The van der Waals surface area contributed by atoms with Crippen LogP contribution < -0.4 is 0 Å². The van der Waals surface area contributed by atoms with Gasteiger partial charge in [0.25, 0.3) is 0 Å². The SMILES string of the molecule is CC=C/C=C(\[CH]=[W])CC. The molecular weight excluding hydrogens is 280 g/mol. The number of hydrogen-bond donors (Lipinski definition) is 0. The second-order valence-corrected chi connectivity index (χ2v) is 2.59. The van der Waals surface area contributed by atoms with Gasteiger partial charge in [-0.3, -0.25) is 0 Å². The van der Waals surface area contributed by atoms with Gasteiger partial charge in [0.15, 0.2) is 0 Å². The fourth-order valence-electron chi connectivity index (χ4n) is 0.460. The molecule has 50 valence electrons. The van der Waals surface area contributed by atoms with Gasteiger partial charge in [0.2, 0.25) is 0 Å². The van der Waals surface area contributed by atoms with Crippen LogP contribution in [0.5, 0.6) is 0 Å². The maximum atomic E-state index is 2.22. The average molecular weight is 292 g/mol. The van der Waals surface area contributed by atoms with Gasteiger partial charge in [0.05, 0.1) is 0 Å². The van der Waals surface area contributed by atoms with Gasteiger partial charge in [-0.25, -0.2) is 0 Å². The molecule has 0 N–H and O–H groups in total. The number of allylic oxidation sites excluding steroid dienone is 4. The molecule has 0 saturated carbocycles. The van der Waals surface area contributed by atoms with Gasteiger partial charge < -0.3 is 0 Å². The van der Waals surface area contributed by atoms with Crippen LogP contribution in [0.1, 0.15) is 20.3 Å². The standard InChI is InChI=1S/C8H12.W/c1-4-6-7-8(3)5-2;/h3-4,6-7H,5H2,1-2H3;/b6-4?,8-7+;. The normalized spacial score (nSPS) is 12.4. The third kappa shape index (κ3) is 4.54. The molecule has 0 aliphatic rings. The van der Waals surface area contributed by atoms with Gasteiger partial charge in [0, 0.05) is 0 Å². The van der Waals surface area contributed by atoms with E-state index in [9.17, 15) is 0 Å². The molecule has 9 heavy (non-hydrogen) atoms. The van der Waals surface area contributed by atoms with Crippen LogP contribution in [-0.2, 0) is 19.4 Å². The van der Waals surface area contributed by atoms with Gasteiger partial charge in [-0.15, -0.1) is 0 Å². The van der Waals surface area contributed by atoms with Crippen LogP contribution in [0.25, 0.3) is 0 Å². The van der Waals surface area contributed by atoms with Crippen LogP contribution in [0.2, 0.25) is 0 Å². The molecule has 0 rings (SSSR count). The average Bonchev–Trinajstić information content (AvgIpc) is 1.91. The first-order valence-corrected chi connectivity index (χ1v) is 4.81. The van der Waals surface area contributed by atoms with Crippen molar-refractivity contribution in [3.05, 3.63) is 23.8 Å². The summed E-state index contributed by atoms with van der Waals surface area (Å²) < 4.78 is 2.22. The van der Waals surface area contributed by atoms with E-state index in [1.165, 1.54) is 24.9 Å². The monoisotopic (exact) mass is 292 g/mol. The Morgan fingerprint density at radius 1 is 1.56 bits per heavy atom. The molecule has 0 aromatic carbocycles. The molecule has 0 aliphatic carbocycles. The zero-order valence-electron chi connectivity index (χ0n) is 5.92. The first-order valence-electron chi connectivity index (χ1n) is 3.12. The van der Waals surface area contributed by atoms with Gasteiger partial charge in [-0.2, -0.15) is 0 Å². The fourth-order valence-corrected chi connectivity index (χ4v) is 1.34. The molecule has 0 unspecified atom stereocenters.